The van der Waals surface area contributed by atoms with E-state index in [1.807, 2.05) is 0 Å². The molecule has 0 aromatic heterocycles. The molecule has 0 unspecified atom stereocenters. The Labute approximate surface area is 120 Å². The molecular weight excluding hydrogens is 313 g/mol. The number of halogens is 2. The number of hydrogen-bond donors (Lipinski definition) is 1. The van der Waals surface area contributed by atoms with Crippen LogP contribution in [0.15, 0.2) is 23.1 Å². The summed E-state index contributed by atoms with van der Waals surface area (Å²) >= 11 is 11.6. The summed E-state index contributed by atoms with van der Waals surface area (Å²) in [4.78, 5) is 10.8. The molecule has 1 fully saturated rings. The van der Waals surface area contributed by atoms with Gasteiger partial charge >= 0.3 is 5.97 Å². The van der Waals surface area contributed by atoms with Gasteiger partial charge in [-0.05, 0) is 24.6 Å². The highest BCUT2D eigenvalue weighted by atomic mass is 35.5. The lowest BCUT2D eigenvalue weighted by molar-refractivity contribution is -0.141. The third-order valence-electron chi connectivity index (χ3n) is 2.97. The highest BCUT2D eigenvalue weighted by molar-refractivity contribution is 7.89. The Morgan fingerprint density at radius 3 is 2.32 bits per heavy atom. The Balaban J connectivity index is 2.31. The van der Waals surface area contributed by atoms with Crippen LogP contribution in [0.2, 0.25) is 10.0 Å². The third-order valence-corrected chi connectivity index (χ3v) is 5.25. The molecule has 1 heterocycles. The predicted molar refractivity (Wildman–Crippen MR) is 71.0 cm³/mol. The number of hydrogen-bond acceptors (Lipinski definition) is 3. The average molecular weight is 324 g/mol. The number of rotatable bonds is 3. The van der Waals surface area contributed by atoms with Gasteiger partial charge in [-0.1, -0.05) is 23.2 Å². The Morgan fingerprint density at radius 1 is 1.26 bits per heavy atom. The monoisotopic (exact) mass is 323 g/mol. The van der Waals surface area contributed by atoms with Gasteiger partial charge in [0.1, 0.15) is 0 Å². The zero-order valence-electron chi connectivity index (χ0n) is 9.71. The maximum absolute atomic E-state index is 12.3. The van der Waals surface area contributed by atoms with E-state index in [1.165, 1.54) is 18.2 Å². The minimum absolute atomic E-state index is 0.0176. The number of nitrogens with zero attached hydrogens (tertiary/aromatic N) is 1. The summed E-state index contributed by atoms with van der Waals surface area (Å²) in [6.07, 6.45) is 0.308. The molecule has 1 atom stereocenters. The van der Waals surface area contributed by atoms with Gasteiger partial charge in [-0.2, -0.15) is 4.31 Å². The number of carbonyl (C=O) groups is 1. The topological polar surface area (TPSA) is 74.7 Å². The van der Waals surface area contributed by atoms with Crippen LogP contribution in [0.1, 0.15) is 6.42 Å². The Morgan fingerprint density at radius 2 is 1.84 bits per heavy atom. The second kappa shape index (κ2) is 5.28. The first-order valence-corrected chi connectivity index (χ1v) is 7.69. The van der Waals surface area contributed by atoms with Crippen molar-refractivity contribution in [2.45, 2.75) is 11.3 Å². The zero-order valence-corrected chi connectivity index (χ0v) is 12.0. The minimum atomic E-state index is -3.75. The molecule has 0 aliphatic carbocycles. The van der Waals surface area contributed by atoms with Gasteiger partial charge in [0.25, 0.3) is 0 Å². The normalized spacial score (nSPS) is 20.6. The lowest BCUT2D eigenvalue weighted by atomic mass is 10.1. The van der Waals surface area contributed by atoms with Crippen molar-refractivity contribution in [3.63, 3.8) is 0 Å². The predicted octanol–water partition coefficient (Wildman–Crippen LogP) is 2.09. The van der Waals surface area contributed by atoms with Gasteiger partial charge in [-0.3, -0.25) is 4.79 Å². The van der Waals surface area contributed by atoms with Gasteiger partial charge in [0, 0.05) is 23.1 Å². The van der Waals surface area contributed by atoms with Gasteiger partial charge in [0.05, 0.1) is 10.8 Å². The molecule has 1 aromatic rings. The van der Waals surface area contributed by atoms with E-state index in [2.05, 4.69) is 0 Å². The molecule has 0 amide bonds. The molecule has 19 heavy (non-hydrogen) atoms. The van der Waals surface area contributed by atoms with E-state index >= 15 is 0 Å². The van der Waals surface area contributed by atoms with E-state index in [-0.39, 0.29) is 28.0 Å². The molecule has 0 radical (unpaired) electrons. The van der Waals surface area contributed by atoms with Crippen LogP contribution in [0.5, 0.6) is 0 Å². The maximum atomic E-state index is 12.3. The number of carboxylic acids is 1. The van der Waals surface area contributed by atoms with Crippen molar-refractivity contribution in [1.29, 1.82) is 0 Å². The summed E-state index contributed by atoms with van der Waals surface area (Å²) in [5.41, 5.74) is 0. The summed E-state index contributed by atoms with van der Waals surface area (Å²) < 4.78 is 25.8. The van der Waals surface area contributed by atoms with E-state index in [0.717, 1.165) is 4.31 Å². The van der Waals surface area contributed by atoms with Crippen molar-refractivity contribution < 1.29 is 18.3 Å². The Kier molecular flexibility index (Phi) is 4.06. The van der Waals surface area contributed by atoms with E-state index in [4.69, 9.17) is 28.3 Å². The molecule has 0 spiro atoms. The highest BCUT2D eigenvalue weighted by Gasteiger charge is 2.35. The fourth-order valence-electron chi connectivity index (χ4n) is 1.97. The second-order valence-corrected chi connectivity index (χ2v) is 7.10. The first-order valence-electron chi connectivity index (χ1n) is 5.50. The fraction of sp³-hybridized carbons (Fsp3) is 0.364. The quantitative estimate of drug-likeness (QED) is 0.924. The second-order valence-electron chi connectivity index (χ2n) is 4.29. The van der Waals surface area contributed by atoms with Crippen LogP contribution < -0.4 is 0 Å². The van der Waals surface area contributed by atoms with Crippen LogP contribution in [0.4, 0.5) is 0 Å². The molecule has 0 bridgehead atoms. The lowest BCUT2D eigenvalue weighted by Crippen LogP contribution is -2.30. The summed E-state index contributed by atoms with van der Waals surface area (Å²) in [5.74, 6) is -1.65. The van der Waals surface area contributed by atoms with Gasteiger partial charge in [-0.15, -0.1) is 0 Å². The van der Waals surface area contributed by atoms with Crippen molar-refractivity contribution in [3.8, 4) is 0 Å². The minimum Gasteiger partial charge on any atom is -0.481 e. The number of sulfonamides is 1. The van der Waals surface area contributed by atoms with E-state index in [1.54, 1.807) is 0 Å². The van der Waals surface area contributed by atoms with Crippen molar-refractivity contribution >= 4 is 39.2 Å². The van der Waals surface area contributed by atoms with E-state index in [9.17, 15) is 13.2 Å². The van der Waals surface area contributed by atoms with Crippen LogP contribution in [-0.4, -0.2) is 36.9 Å². The van der Waals surface area contributed by atoms with Crippen LogP contribution in [0.3, 0.4) is 0 Å². The molecule has 0 saturated carbocycles. The summed E-state index contributed by atoms with van der Waals surface area (Å²) in [5, 5.41) is 9.34. The summed E-state index contributed by atoms with van der Waals surface area (Å²) in [6.45, 7) is 0.158. The van der Waals surface area contributed by atoms with Crippen LogP contribution >= 0.6 is 23.2 Å². The molecule has 5 nitrogen and oxygen atoms in total. The molecule has 1 aromatic carbocycles. The van der Waals surface area contributed by atoms with Gasteiger partial charge in [0.15, 0.2) is 0 Å². The average Bonchev–Trinajstić information content (AvgIpc) is 2.77. The van der Waals surface area contributed by atoms with Gasteiger partial charge < -0.3 is 5.11 Å². The van der Waals surface area contributed by atoms with E-state index in [0.29, 0.717) is 6.42 Å². The molecule has 1 N–H and O–H groups in total. The Hall–Kier alpha value is -0.820. The van der Waals surface area contributed by atoms with Crippen molar-refractivity contribution in [1.82, 2.24) is 4.31 Å². The molecule has 104 valence electrons. The third kappa shape index (κ3) is 3.02. The smallest absolute Gasteiger partial charge is 0.307 e. The van der Waals surface area contributed by atoms with Crippen LogP contribution in [0.25, 0.3) is 0 Å². The molecular formula is C11H11Cl2NO4S. The van der Waals surface area contributed by atoms with Crippen molar-refractivity contribution in [3.05, 3.63) is 28.2 Å². The molecule has 1 aliphatic rings. The van der Waals surface area contributed by atoms with Crippen molar-refractivity contribution in [2.24, 2.45) is 5.92 Å². The molecule has 2 rings (SSSR count). The van der Waals surface area contributed by atoms with Gasteiger partial charge in [-0.25, -0.2) is 8.42 Å². The van der Waals surface area contributed by atoms with Crippen LogP contribution in [0, 0.1) is 5.92 Å². The van der Waals surface area contributed by atoms with Crippen molar-refractivity contribution in [2.75, 3.05) is 13.1 Å². The first-order chi connectivity index (χ1) is 8.80. The summed E-state index contributed by atoms with van der Waals surface area (Å²) in [6, 6.07) is 4.04. The van der Waals surface area contributed by atoms with Crippen LogP contribution in [-0.2, 0) is 14.8 Å². The largest absolute Gasteiger partial charge is 0.481 e. The zero-order chi connectivity index (χ0) is 14.2. The fourth-order valence-corrected chi connectivity index (χ4v) is 4.20. The summed E-state index contributed by atoms with van der Waals surface area (Å²) in [7, 11) is -3.75. The SMILES string of the molecule is O=C(O)[C@H]1CCN(S(=O)(=O)c2cc(Cl)cc(Cl)c2)C1. The van der Waals surface area contributed by atoms with E-state index < -0.39 is 21.9 Å². The molecule has 1 saturated heterocycles. The van der Waals surface area contributed by atoms with Gasteiger partial charge in [0.2, 0.25) is 10.0 Å². The highest BCUT2D eigenvalue weighted by Crippen LogP contribution is 2.28. The number of benzene rings is 1. The standard InChI is InChI=1S/C11H11Cl2NO4S/c12-8-3-9(13)5-10(4-8)19(17,18)14-2-1-7(6-14)11(15)16/h3-5,7H,1-2,6H2,(H,15,16)/t7-/m0/s1. The molecule has 1 aliphatic heterocycles. The first kappa shape index (κ1) is 14.6. The molecule has 8 heteroatoms. The maximum Gasteiger partial charge on any atom is 0.307 e. The Bertz CT molecular complexity index is 597. The lowest BCUT2D eigenvalue weighted by Gasteiger charge is -2.16. The number of aliphatic carboxylic acids is 1. The number of carboxylic acid groups (broad SMARTS) is 1.